The topological polar surface area (TPSA) is 108 Å². The summed E-state index contributed by atoms with van der Waals surface area (Å²) < 4.78 is 5.08. The minimum atomic E-state index is -0.736. The zero-order chi connectivity index (χ0) is 21.1. The van der Waals surface area contributed by atoms with E-state index >= 15 is 0 Å². The van der Waals surface area contributed by atoms with Gasteiger partial charge in [-0.3, -0.25) is 14.8 Å². The third-order valence-electron chi connectivity index (χ3n) is 4.45. The van der Waals surface area contributed by atoms with E-state index in [9.17, 15) is 19.6 Å². The number of carbonyl (C=O) groups is 3. The SMILES string of the molecule is CCCCC(CN(O)C=O)C(=O)C(NC(=O)Nc1ccc(OC)cc1)C(C)C. The molecule has 0 aliphatic heterocycles. The Labute approximate surface area is 166 Å². The number of ketones is 1. The van der Waals surface area contributed by atoms with Crippen LogP contribution < -0.4 is 15.4 Å². The summed E-state index contributed by atoms with van der Waals surface area (Å²) in [6.07, 6.45) is 2.48. The maximum atomic E-state index is 13.0. The second-order valence-electron chi connectivity index (χ2n) is 7.02. The Bertz CT molecular complexity index is 633. The molecular weight excluding hydrogens is 362 g/mol. The summed E-state index contributed by atoms with van der Waals surface area (Å²) in [5.74, 6) is -0.233. The summed E-state index contributed by atoms with van der Waals surface area (Å²) in [6, 6.07) is 5.60. The van der Waals surface area contributed by atoms with Crippen LogP contribution in [0.25, 0.3) is 0 Å². The van der Waals surface area contributed by atoms with E-state index in [0.717, 1.165) is 12.8 Å². The number of rotatable bonds is 12. The third kappa shape index (κ3) is 7.56. The van der Waals surface area contributed by atoms with Crippen LogP contribution in [0.5, 0.6) is 5.75 Å². The van der Waals surface area contributed by atoms with E-state index in [4.69, 9.17) is 4.74 Å². The van der Waals surface area contributed by atoms with Crippen molar-refractivity contribution in [3.8, 4) is 5.75 Å². The molecule has 156 valence electrons. The van der Waals surface area contributed by atoms with Crippen molar-refractivity contribution in [2.24, 2.45) is 11.8 Å². The van der Waals surface area contributed by atoms with Gasteiger partial charge >= 0.3 is 6.03 Å². The number of benzene rings is 1. The van der Waals surface area contributed by atoms with Gasteiger partial charge in [0.05, 0.1) is 19.7 Å². The smallest absolute Gasteiger partial charge is 0.319 e. The molecule has 0 aliphatic carbocycles. The molecule has 0 bridgehead atoms. The predicted octanol–water partition coefficient (Wildman–Crippen LogP) is 3.06. The summed E-state index contributed by atoms with van der Waals surface area (Å²) in [5.41, 5.74) is 0.568. The van der Waals surface area contributed by atoms with Gasteiger partial charge in [0, 0.05) is 11.6 Å². The number of nitrogens with one attached hydrogen (secondary N) is 2. The highest BCUT2D eigenvalue weighted by Gasteiger charge is 2.31. The van der Waals surface area contributed by atoms with Crippen LogP contribution in [-0.4, -0.2) is 48.2 Å². The Morgan fingerprint density at radius 3 is 2.39 bits per heavy atom. The van der Waals surface area contributed by atoms with Gasteiger partial charge in [-0.15, -0.1) is 0 Å². The van der Waals surface area contributed by atoms with Crippen LogP contribution in [0.1, 0.15) is 40.0 Å². The molecule has 3 N–H and O–H groups in total. The van der Waals surface area contributed by atoms with Crippen LogP contribution >= 0.6 is 0 Å². The first-order valence-corrected chi connectivity index (χ1v) is 9.48. The number of hydrogen-bond donors (Lipinski definition) is 3. The van der Waals surface area contributed by atoms with E-state index in [-0.39, 0.29) is 24.7 Å². The zero-order valence-electron chi connectivity index (χ0n) is 17.0. The van der Waals surface area contributed by atoms with Gasteiger partial charge in [-0.05, 0) is 36.6 Å². The first-order chi connectivity index (χ1) is 13.3. The Morgan fingerprint density at radius 2 is 1.89 bits per heavy atom. The van der Waals surface area contributed by atoms with Gasteiger partial charge in [-0.1, -0.05) is 33.6 Å². The van der Waals surface area contributed by atoms with Crippen molar-refractivity contribution in [3.05, 3.63) is 24.3 Å². The minimum Gasteiger partial charge on any atom is -0.497 e. The van der Waals surface area contributed by atoms with Crippen molar-refractivity contribution >= 4 is 23.9 Å². The monoisotopic (exact) mass is 393 g/mol. The summed E-state index contributed by atoms with van der Waals surface area (Å²) in [4.78, 5) is 36.1. The van der Waals surface area contributed by atoms with E-state index in [1.54, 1.807) is 31.4 Å². The highest BCUT2D eigenvalue weighted by atomic mass is 16.5. The first kappa shape index (κ1) is 23.4. The summed E-state index contributed by atoms with van der Waals surface area (Å²) in [7, 11) is 1.56. The summed E-state index contributed by atoms with van der Waals surface area (Å²) in [6.45, 7) is 5.58. The summed E-state index contributed by atoms with van der Waals surface area (Å²) in [5, 5.41) is 15.4. The van der Waals surface area contributed by atoms with Crippen molar-refractivity contribution in [1.82, 2.24) is 10.4 Å². The first-order valence-electron chi connectivity index (χ1n) is 9.48. The molecule has 2 atom stereocenters. The van der Waals surface area contributed by atoms with E-state index in [0.29, 0.717) is 22.9 Å². The molecule has 0 saturated heterocycles. The molecule has 0 aromatic heterocycles. The molecule has 0 spiro atoms. The lowest BCUT2D eigenvalue weighted by atomic mass is 9.87. The largest absolute Gasteiger partial charge is 0.497 e. The number of ether oxygens (including phenoxy) is 1. The molecule has 28 heavy (non-hydrogen) atoms. The Balaban J connectivity index is 2.82. The molecule has 1 rings (SSSR count). The van der Waals surface area contributed by atoms with Crippen LogP contribution in [0.15, 0.2) is 24.3 Å². The fraction of sp³-hybridized carbons (Fsp3) is 0.550. The van der Waals surface area contributed by atoms with Crippen molar-refractivity contribution in [3.63, 3.8) is 0 Å². The fourth-order valence-electron chi connectivity index (χ4n) is 2.85. The highest BCUT2D eigenvalue weighted by Crippen LogP contribution is 2.18. The van der Waals surface area contributed by atoms with Gasteiger partial charge in [0.2, 0.25) is 6.41 Å². The number of hydroxylamine groups is 2. The molecule has 0 aliphatic rings. The van der Waals surface area contributed by atoms with Crippen LogP contribution in [0.2, 0.25) is 0 Å². The van der Waals surface area contributed by atoms with Crippen molar-refractivity contribution in [2.75, 3.05) is 19.0 Å². The molecule has 1 aromatic rings. The zero-order valence-corrected chi connectivity index (χ0v) is 17.0. The Kier molecular flexibility index (Phi) is 10.0. The average molecular weight is 393 g/mol. The lowest BCUT2D eigenvalue weighted by molar-refractivity contribution is -0.154. The number of anilines is 1. The Morgan fingerprint density at radius 1 is 1.25 bits per heavy atom. The van der Waals surface area contributed by atoms with E-state index in [2.05, 4.69) is 10.6 Å². The molecule has 0 fully saturated rings. The van der Waals surface area contributed by atoms with Crippen molar-refractivity contribution < 1.29 is 24.3 Å². The maximum absolute atomic E-state index is 13.0. The molecule has 8 heteroatoms. The second kappa shape index (κ2) is 12.0. The number of nitrogens with zero attached hydrogens (tertiary/aromatic N) is 1. The lowest BCUT2D eigenvalue weighted by Crippen LogP contribution is -2.49. The number of unbranched alkanes of at least 4 members (excludes halogenated alkanes) is 1. The second-order valence-corrected chi connectivity index (χ2v) is 7.02. The number of hydrogen-bond acceptors (Lipinski definition) is 5. The van der Waals surface area contributed by atoms with E-state index in [1.807, 2.05) is 20.8 Å². The number of urea groups is 1. The molecule has 2 unspecified atom stereocenters. The molecule has 0 saturated carbocycles. The predicted molar refractivity (Wildman–Crippen MR) is 106 cm³/mol. The number of methoxy groups -OCH3 is 1. The van der Waals surface area contributed by atoms with E-state index in [1.165, 1.54) is 0 Å². The van der Waals surface area contributed by atoms with Gasteiger partial charge in [-0.2, -0.15) is 0 Å². The number of carbonyl (C=O) groups excluding carboxylic acids is 3. The van der Waals surface area contributed by atoms with Gasteiger partial charge in [0.25, 0.3) is 0 Å². The molecular formula is C20H31N3O5. The summed E-state index contributed by atoms with van der Waals surface area (Å²) >= 11 is 0. The molecule has 0 radical (unpaired) electrons. The van der Waals surface area contributed by atoms with Crippen LogP contribution in [0, 0.1) is 11.8 Å². The van der Waals surface area contributed by atoms with Crippen LogP contribution in [0.3, 0.4) is 0 Å². The normalized spacial score (nSPS) is 12.8. The van der Waals surface area contributed by atoms with Crippen LogP contribution in [-0.2, 0) is 9.59 Å². The van der Waals surface area contributed by atoms with Crippen LogP contribution in [0.4, 0.5) is 10.5 Å². The lowest BCUT2D eigenvalue weighted by Gasteiger charge is -2.27. The van der Waals surface area contributed by atoms with Gasteiger partial charge in [-0.25, -0.2) is 9.86 Å². The maximum Gasteiger partial charge on any atom is 0.319 e. The standard InChI is InChI=1S/C20H31N3O5/c1-5-6-7-15(12-23(27)13-24)19(25)18(14(2)3)22-20(26)21-16-8-10-17(28-4)11-9-16/h8-11,13-15,18,27H,5-7,12H2,1-4H3,(H2,21,22,26). The van der Waals surface area contributed by atoms with Crippen molar-refractivity contribution in [1.29, 1.82) is 0 Å². The fourth-order valence-corrected chi connectivity index (χ4v) is 2.85. The molecule has 1 aromatic carbocycles. The minimum absolute atomic E-state index is 0.0899. The quantitative estimate of drug-likeness (QED) is 0.287. The van der Waals surface area contributed by atoms with Gasteiger partial charge < -0.3 is 15.4 Å². The number of Topliss-reactive ketones (excluding diaryl/α,β-unsaturated/α-hetero) is 1. The third-order valence-corrected chi connectivity index (χ3v) is 4.45. The van der Waals surface area contributed by atoms with E-state index < -0.39 is 18.0 Å². The van der Waals surface area contributed by atoms with Gasteiger partial charge in [0.15, 0.2) is 5.78 Å². The molecule has 0 heterocycles. The average Bonchev–Trinajstić information content (AvgIpc) is 2.68. The molecule has 3 amide bonds. The van der Waals surface area contributed by atoms with Crippen molar-refractivity contribution in [2.45, 2.75) is 46.1 Å². The highest BCUT2D eigenvalue weighted by molar-refractivity contribution is 5.95. The Hall–Kier alpha value is -2.61. The molecule has 8 nitrogen and oxygen atoms in total. The van der Waals surface area contributed by atoms with Gasteiger partial charge in [0.1, 0.15) is 5.75 Å². The number of amides is 3.